The predicted molar refractivity (Wildman–Crippen MR) is 63.6 cm³/mol. The minimum absolute atomic E-state index is 0.254. The van der Waals surface area contributed by atoms with Crippen LogP contribution in [0.5, 0.6) is 0 Å². The van der Waals surface area contributed by atoms with Crippen LogP contribution in [0.1, 0.15) is 46.5 Å². The van der Waals surface area contributed by atoms with Crippen LogP contribution in [0, 0.1) is 5.41 Å². The third-order valence-electron chi connectivity index (χ3n) is 2.32. The molecule has 3 heteroatoms. The molecule has 2 nitrogen and oxygen atoms in total. The van der Waals surface area contributed by atoms with Gasteiger partial charge >= 0.3 is 0 Å². The molecule has 0 aromatic rings. The van der Waals surface area contributed by atoms with Gasteiger partial charge in [0.25, 0.3) is 0 Å². The molecule has 0 aliphatic rings. The van der Waals surface area contributed by atoms with Crippen molar-refractivity contribution in [3.8, 4) is 0 Å². The van der Waals surface area contributed by atoms with Crippen molar-refractivity contribution in [1.29, 1.82) is 0 Å². The van der Waals surface area contributed by atoms with Gasteiger partial charge in [-0.05, 0) is 43.8 Å². The van der Waals surface area contributed by atoms with Gasteiger partial charge in [-0.2, -0.15) is 0 Å². The van der Waals surface area contributed by atoms with E-state index in [2.05, 4.69) is 13.8 Å². The Morgan fingerprint density at radius 2 is 2.00 bits per heavy atom. The number of rotatable bonds is 7. The molecule has 84 valence electrons. The molecule has 0 spiro atoms. The maximum absolute atomic E-state index is 8.74. The van der Waals surface area contributed by atoms with Crippen molar-refractivity contribution in [2.24, 2.45) is 5.41 Å². The molecule has 0 amide bonds. The lowest BCUT2D eigenvalue weighted by atomic mass is 9.83. The van der Waals surface area contributed by atoms with Gasteiger partial charge in [-0.25, -0.2) is 0 Å². The van der Waals surface area contributed by atoms with E-state index in [0.717, 1.165) is 25.7 Å². The predicted octanol–water partition coefficient (Wildman–Crippen LogP) is 2.93. The number of aliphatic hydroxyl groups excluding tert-OH is 1. The third-order valence-corrected chi connectivity index (χ3v) is 2.64. The van der Waals surface area contributed by atoms with Crippen molar-refractivity contribution in [3.63, 3.8) is 0 Å². The normalized spacial score (nSPS) is 11.4. The number of hydrogen-bond acceptors (Lipinski definition) is 3. The molecule has 1 N–H and O–H groups in total. The zero-order chi connectivity index (χ0) is 11.0. The summed E-state index contributed by atoms with van der Waals surface area (Å²) in [5.74, 6) is 0. The summed E-state index contributed by atoms with van der Waals surface area (Å²) in [6.07, 6.45) is 3.79. The van der Waals surface area contributed by atoms with E-state index in [0.29, 0.717) is 11.7 Å². The van der Waals surface area contributed by atoms with Gasteiger partial charge < -0.3 is 9.84 Å². The molecule has 0 heterocycles. The summed E-state index contributed by atoms with van der Waals surface area (Å²) in [5, 5.41) is 9.45. The summed E-state index contributed by atoms with van der Waals surface area (Å²) in [4.78, 5) is 0. The van der Waals surface area contributed by atoms with Gasteiger partial charge in [0.2, 0.25) is 0 Å². The first-order chi connectivity index (χ1) is 6.52. The first-order valence-corrected chi connectivity index (χ1v) is 5.69. The Bertz CT molecular complexity index is 167. The van der Waals surface area contributed by atoms with Crippen LogP contribution in [0.25, 0.3) is 0 Å². The largest absolute Gasteiger partial charge is 0.487 e. The standard InChI is InChI=1S/C11H22O2S/c1-4-13-10(14)6-8-11(2,3)7-5-9-12/h12H,4-9H2,1-3H3. The van der Waals surface area contributed by atoms with Gasteiger partial charge in [0.15, 0.2) is 5.05 Å². The van der Waals surface area contributed by atoms with Crippen molar-refractivity contribution in [3.05, 3.63) is 0 Å². The second kappa shape index (κ2) is 7.18. The summed E-state index contributed by atoms with van der Waals surface area (Å²) in [5.41, 5.74) is 0.254. The van der Waals surface area contributed by atoms with E-state index < -0.39 is 0 Å². The number of ether oxygens (including phenoxy) is 1. The van der Waals surface area contributed by atoms with Crippen LogP contribution in [-0.2, 0) is 4.74 Å². The zero-order valence-electron chi connectivity index (χ0n) is 9.51. The van der Waals surface area contributed by atoms with Crippen LogP contribution < -0.4 is 0 Å². The first kappa shape index (κ1) is 13.8. The van der Waals surface area contributed by atoms with Crippen molar-refractivity contribution < 1.29 is 9.84 Å². The fourth-order valence-corrected chi connectivity index (χ4v) is 1.58. The van der Waals surface area contributed by atoms with Crippen LogP contribution in [0.3, 0.4) is 0 Å². The lowest BCUT2D eigenvalue weighted by molar-refractivity contribution is 0.230. The van der Waals surface area contributed by atoms with Crippen LogP contribution in [0.4, 0.5) is 0 Å². The van der Waals surface area contributed by atoms with Crippen LogP contribution in [0.15, 0.2) is 0 Å². The highest BCUT2D eigenvalue weighted by Crippen LogP contribution is 2.28. The average Bonchev–Trinajstić information content (AvgIpc) is 2.13. The van der Waals surface area contributed by atoms with Crippen LogP contribution in [0.2, 0.25) is 0 Å². The van der Waals surface area contributed by atoms with Gasteiger partial charge in [-0.1, -0.05) is 13.8 Å². The molecule has 0 aromatic heterocycles. The van der Waals surface area contributed by atoms with E-state index >= 15 is 0 Å². The zero-order valence-corrected chi connectivity index (χ0v) is 10.3. The van der Waals surface area contributed by atoms with E-state index in [1.165, 1.54) is 0 Å². The highest BCUT2D eigenvalue weighted by molar-refractivity contribution is 7.80. The maximum Gasteiger partial charge on any atom is 0.159 e. The quantitative estimate of drug-likeness (QED) is 0.666. The molecule has 0 unspecified atom stereocenters. The molecule has 0 atom stereocenters. The molecule has 0 fully saturated rings. The molecular weight excluding hydrogens is 196 g/mol. The van der Waals surface area contributed by atoms with Gasteiger partial charge in [0.1, 0.15) is 0 Å². The number of aliphatic hydroxyl groups is 1. The minimum atomic E-state index is 0.254. The highest BCUT2D eigenvalue weighted by atomic mass is 32.1. The molecule has 0 rings (SSSR count). The van der Waals surface area contributed by atoms with E-state index in [4.69, 9.17) is 22.1 Å². The molecular formula is C11H22O2S. The SMILES string of the molecule is CCOC(=S)CCC(C)(C)CCCO. The van der Waals surface area contributed by atoms with Crippen molar-refractivity contribution >= 4 is 17.3 Å². The Labute approximate surface area is 92.7 Å². The molecule has 0 saturated heterocycles. The molecule has 0 aliphatic carbocycles. The van der Waals surface area contributed by atoms with Crippen molar-refractivity contribution in [2.75, 3.05) is 13.2 Å². The first-order valence-electron chi connectivity index (χ1n) is 5.28. The van der Waals surface area contributed by atoms with Gasteiger partial charge in [-0.3, -0.25) is 0 Å². The lowest BCUT2D eigenvalue weighted by Gasteiger charge is -2.24. The summed E-state index contributed by atoms with van der Waals surface area (Å²) < 4.78 is 5.22. The fourth-order valence-electron chi connectivity index (χ4n) is 1.36. The molecule has 0 bridgehead atoms. The summed E-state index contributed by atoms with van der Waals surface area (Å²) in [6.45, 7) is 7.30. The Morgan fingerprint density at radius 1 is 1.36 bits per heavy atom. The summed E-state index contributed by atoms with van der Waals surface area (Å²) in [6, 6.07) is 0. The monoisotopic (exact) mass is 218 g/mol. The maximum atomic E-state index is 8.74. The molecule has 0 radical (unpaired) electrons. The minimum Gasteiger partial charge on any atom is -0.487 e. The smallest absolute Gasteiger partial charge is 0.159 e. The van der Waals surface area contributed by atoms with E-state index in [1.54, 1.807) is 0 Å². The summed E-state index contributed by atoms with van der Waals surface area (Å²) in [7, 11) is 0. The Balaban J connectivity index is 3.68. The van der Waals surface area contributed by atoms with Crippen molar-refractivity contribution in [1.82, 2.24) is 0 Å². The molecule has 0 aromatic carbocycles. The second-order valence-electron chi connectivity index (χ2n) is 4.30. The molecule has 0 saturated carbocycles. The van der Waals surface area contributed by atoms with Gasteiger partial charge in [0.05, 0.1) is 6.61 Å². The molecule has 0 aliphatic heterocycles. The number of hydrogen-bond donors (Lipinski definition) is 1. The van der Waals surface area contributed by atoms with Crippen LogP contribution >= 0.6 is 12.2 Å². The summed E-state index contributed by atoms with van der Waals surface area (Å²) >= 11 is 5.06. The Kier molecular flexibility index (Phi) is 7.11. The average molecular weight is 218 g/mol. The Hall–Kier alpha value is -0.150. The lowest BCUT2D eigenvalue weighted by Crippen LogP contribution is -2.14. The van der Waals surface area contributed by atoms with Crippen molar-refractivity contribution in [2.45, 2.75) is 46.5 Å². The Morgan fingerprint density at radius 3 is 2.50 bits per heavy atom. The van der Waals surface area contributed by atoms with Crippen LogP contribution in [-0.4, -0.2) is 23.4 Å². The fraction of sp³-hybridized carbons (Fsp3) is 0.909. The highest BCUT2D eigenvalue weighted by Gasteiger charge is 2.17. The number of thiocarbonyl (C=S) groups is 1. The third kappa shape index (κ3) is 7.27. The van der Waals surface area contributed by atoms with E-state index in [-0.39, 0.29) is 12.0 Å². The second-order valence-corrected chi connectivity index (χ2v) is 4.75. The van der Waals surface area contributed by atoms with E-state index in [1.807, 2.05) is 6.92 Å². The van der Waals surface area contributed by atoms with Gasteiger partial charge in [0, 0.05) is 13.0 Å². The topological polar surface area (TPSA) is 29.5 Å². The molecule has 14 heavy (non-hydrogen) atoms. The van der Waals surface area contributed by atoms with Gasteiger partial charge in [-0.15, -0.1) is 0 Å². The van der Waals surface area contributed by atoms with E-state index in [9.17, 15) is 0 Å².